The third kappa shape index (κ3) is 8.41. The molecule has 6 aliphatic rings. The van der Waals surface area contributed by atoms with Crippen molar-refractivity contribution in [1.82, 2.24) is 14.5 Å². The van der Waals surface area contributed by atoms with Crippen LogP contribution in [0.25, 0.3) is 0 Å². The Balaban J connectivity index is 0.000000154. The van der Waals surface area contributed by atoms with Crippen LogP contribution in [0.2, 0.25) is 0 Å². The number of sulfonamides is 2. The number of hydrogen-bond acceptors (Lipinski definition) is 9. The van der Waals surface area contributed by atoms with Gasteiger partial charge in [-0.3, -0.25) is 9.59 Å². The molecule has 4 N–H and O–H groups in total. The Labute approximate surface area is 317 Å². The number of aliphatic imine (C=N–C) groups is 1. The molecular weight excluding hydrogens is 733 g/mol. The molecule has 2 fully saturated rings. The van der Waals surface area contributed by atoms with Crippen LogP contribution in [0.4, 0.5) is 16.2 Å². The summed E-state index contributed by atoms with van der Waals surface area (Å²) in [4.78, 5) is 52.8. The molecule has 0 saturated carbocycles. The molecule has 14 nitrogen and oxygen atoms in total. The van der Waals surface area contributed by atoms with Crippen LogP contribution < -0.4 is 15.2 Å². The third-order valence-corrected chi connectivity index (χ3v) is 14.5. The van der Waals surface area contributed by atoms with Crippen molar-refractivity contribution in [3.63, 3.8) is 0 Å². The average molecular weight is 783 g/mol. The van der Waals surface area contributed by atoms with Crippen molar-refractivity contribution < 1.29 is 36.0 Å². The van der Waals surface area contributed by atoms with Gasteiger partial charge in [0, 0.05) is 44.7 Å². The lowest BCUT2D eigenvalue weighted by atomic mass is 9.99. The second-order valence-electron chi connectivity index (χ2n) is 14.9. The number of urea groups is 1. The molecule has 2 aromatic rings. The lowest BCUT2D eigenvalue weighted by molar-refractivity contribution is -0.128. The zero-order valence-corrected chi connectivity index (χ0v) is 32.7. The van der Waals surface area contributed by atoms with Gasteiger partial charge in [0.05, 0.1) is 5.69 Å². The summed E-state index contributed by atoms with van der Waals surface area (Å²) in [5.74, 6) is -0.316. The number of hydrogen-bond donors (Lipinski definition) is 3. The number of nitrogens with one attached hydrogen (secondary N) is 2. The van der Waals surface area contributed by atoms with Gasteiger partial charge >= 0.3 is 6.03 Å². The predicted molar refractivity (Wildman–Crippen MR) is 204 cm³/mol. The van der Waals surface area contributed by atoms with Gasteiger partial charge in [0.15, 0.2) is 0 Å². The van der Waals surface area contributed by atoms with Crippen LogP contribution in [0.5, 0.6) is 0 Å². The van der Waals surface area contributed by atoms with E-state index in [0.717, 1.165) is 86.7 Å². The highest BCUT2D eigenvalue weighted by Crippen LogP contribution is 2.40. The van der Waals surface area contributed by atoms with E-state index in [1.54, 1.807) is 6.08 Å². The van der Waals surface area contributed by atoms with E-state index in [2.05, 4.69) is 27.2 Å². The molecular formula is C38H50N6O8S2. The minimum atomic E-state index is -3.91. The number of aryl methyl sites for hydroxylation is 4. The average Bonchev–Trinajstić information content (AvgIpc) is 3.97. The highest BCUT2D eigenvalue weighted by Gasteiger charge is 2.39. The van der Waals surface area contributed by atoms with Crippen molar-refractivity contribution in [1.29, 1.82) is 0 Å². The van der Waals surface area contributed by atoms with Crippen LogP contribution in [0, 0.1) is 0 Å². The van der Waals surface area contributed by atoms with Crippen LogP contribution in [-0.4, -0.2) is 87.2 Å². The van der Waals surface area contributed by atoms with E-state index in [0.29, 0.717) is 13.1 Å². The fourth-order valence-electron chi connectivity index (χ4n) is 8.80. The number of rotatable bonds is 7. The standard InChI is InChI=1S/C19H25N3O4S.C13H13NO.C6H12N2O3S/c1-2-22-11-14(10-17(22)23)27(25,26)21-19(24)20-18-15-7-3-5-12(15)9-13-6-4-8-16(13)18;15-8-14-13-11-5-1-3-9(11)7-10-4-2-6-12(10)13;1-2-8-4-5(3-6(8)9)12(7,10)11/h9,14H,2-8,10-11H2,1H3,(H2,20,21,24);7H,1-6H2;5H,2-4H2,1H3,(H2,7,10,11). The number of nitrogens with two attached hydrogens (primary N) is 1. The van der Waals surface area contributed by atoms with Gasteiger partial charge in [0.1, 0.15) is 10.5 Å². The van der Waals surface area contributed by atoms with Gasteiger partial charge in [-0.15, -0.1) is 0 Å². The summed E-state index contributed by atoms with van der Waals surface area (Å²) in [6.45, 7) is 5.01. The predicted octanol–water partition coefficient (Wildman–Crippen LogP) is 3.26. The van der Waals surface area contributed by atoms with Crippen molar-refractivity contribution >= 4 is 55.3 Å². The highest BCUT2D eigenvalue weighted by molar-refractivity contribution is 7.90. The van der Waals surface area contributed by atoms with Gasteiger partial charge in [-0.05, 0) is 135 Å². The number of fused-ring (bicyclic) bond motifs is 4. The second-order valence-corrected chi connectivity index (χ2v) is 18.7. The summed E-state index contributed by atoms with van der Waals surface area (Å²) in [6.07, 6.45) is 14.5. The fraction of sp³-hybridized carbons (Fsp3) is 0.579. The van der Waals surface area contributed by atoms with Crippen LogP contribution in [0.1, 0.15) is 96.9 Å². The molecule has 2 unspecified atom stereocenters. The molecule has 0 bridgehead atoms. The SMILES string of the molecule is CCN1CC(S(=O)(=O)NC(=O)Nc2c3c(cc4c2CCC4)CCC3)CC1=O.CCN1CC(S(N)(=O)=O)CC1=O.O=C=Nc1c2c(cc3c1CCC3)CCC2. The fourth-order valence-corrected chi connectivity index (χ4v) is 10.8. The molecule has 2 aliphatic heterocycles. The summed E-state index contributed by atoms with van der Waals surface area (Å²) in [7, 11) is -7.45. The first-order valence-corrected chi connectivity index (χ1v) is 22.2. The molecule has 4 aliphatic carbocycles. The molecule has 0 radical (unpaired) electrons. The zero-order chi connectivity index (χ0) is 38.8. The first kappa shape index (κ1) is 39.6. The Bertz CT molecular complexity index is 2050. The van der Waals surface area contributed by atoms with Crippen molar-refractivity contribution in [2.75, 3.05) is 31.5 Å². The van der Waals surface area contributed by atoms with Crippen molar-refractivity contribution in [2.24, 2.45) is 10.1 Å². The maximum Gasteiger partial charge on any atom is 0.332 e. The van der Waals surface area contributed by atoms with Gasteiger partial charge in [-0.25, -0.2) is 36.3 Å². The first-order chi connectivity index (χ1) is 25.7. The van der Waals surface area contributed by atoms with Gasteiger partial charge in [0.25, 0.3) is 0 Å². The van der Waals surface area contributed by atoms with Gasteiger partial charge in [-0.1, -0.05) is 12.1 Å². The topological polar surface area (TPSA) is 205 Å². The maximum atomic E-state index is 12.6. The molecule has 0 aromatic heterocycles. The second kappa shape index (κ2) is 16.3. The third-order valence-electron chi connectivity index (χ3n) is 11.6. The van der Waals surface area contributed by atoms with E-state index in [4.69, 9.17) is 5.14 Å². The molecule has 8 rings (SSSR count). The van der Waals surface area contributed by atoms with E-state index in [1.165, 1.54) is 56.0 Å². The monoisotopic (exact) mass is 782 g/mol. The normalized spacial score (nSPS) is 20.9. The number of amides is 4. The number of anilines is 1. The number of carbonyl (C=O) groups is 3. The van der Waals surface area contributed by atoms with Crippen molar-refractivity contribution in [3.05, 3.63) is 56.6 Å². The van der Waals surface area contributed by atoms with E-state index >= 15 is 0 Å². The van der Waals surface area contributed by atoms with E-state index in [1.807, 2.05) is 13.8 Å². The minimum Gasteiger partial charge on any atom is -0.342 e. The Hall–Kier alpha value is -4.11. The van der Waals surface area contributed by atoms with Gasteiger partial charge < -0.3 is 15.1 Å². The number of nitrogens with zero attached hydrogens (tertiary/aromatic N) is 3. The van der Waals surface area contributed by atoms with E-state index in [-0.39, 0.29) is 37.7 Å². The maximum absolute atomic E-state index is 12.6. The molecule has 2 aromatic carbocycles. The molecule has 2 heterocycles. The minimum absolute atomic E-state index is 0.0344. The molecule has 4 amide bonds. The summed E-state index contributed by atoms with van der Waals surface area (Å²) in [5, 5.41) is 6.15. The van der Waals surface area contributed by atoms with Crippen LogP contribution in [0.15, 0.2) is 17.1 Å². The molecule has 292 valence electrons. The lowest BCUT2D eigenvalue weighted by Crippen LogP contribution is -2.42. The Morgan fingerprint density at radius 1 is 0.741 bits per heavy atom. The largest absolute Gasteiger partial charge is 0.342 e. The van der Waals surface area contributed by atoms with Gasteiger partial charge in [0.2, 0.25) is 37.9 Å². The molecule has 54 heavy (non-hydrogen) atoms. The summed E-state index contributed by atoms with van der Waals surface area (Å²) < 4.78 is 48.9. The summed E-state index contributed by atoms with van der Waals surface area (Å²) in [6, 6.07) is 3.87. The number of primary sulfonamides is 1. The molecule has 16 heteroatoms. The number of carbonyl (C=O) groups excluding carboxylic acids is 4. The first-order valence-electron chi connectivity index (χ1n) is 19.0. The van der Waals surface area contributed by atoms with Crippen molar-refractivity contribution in [3.8, 4) is 0 Å². The quantitative estimate of drug-likeness (QED) is 0.280. The number of benzene rings is 2. The number of likely N-dealkylation sites (tertiary alicyclic amines) is 2. The van der Waals surface area contributed by atoms with Crippen LogP contribution >= 0.6 is 0 Å². The summed E-state index contributed by atoms with van der Waals surface area (Å²) in [5.41, 5.74) is 12.1. The van der Waals surface area contributed by atoms with E-state index < -0.39 is 36.6 Å². The lowest BCUT2D eigenvalue weighted by Gasteiger charge is -2.18. The highest BCUT2D eigenvalue weighted by atomic mass is 32.2. The number of isocyanates is 1. The van der Waals surface area contributed by atoms with Crippen LogP contribution in [0.3, 0.4) is 0 Å². The Morgan fingerprint density at radius 3 is 1.57 bits per heavy atom. The van der Waals surface area contributed by atoms with Gasteiger partial charge in [-0.2, -0.15) is 4.99 Å². The molecule has 0 spiro atoms. The van der Waals surface area contributed by atoms with Crippen molar-refractivity contribution in [2.45, 2.75) is 114 Å². The van der Waals surface area contributed by atoms with Crippen LogP contribution in [-0.2, 0) is 85.8 Å². The molecule has 2 saturated heterocycles. The Morgan fingerprint density at radius 2 is 1.17 bits per heavy atom. The molecule has 2 atom stereocenters. The Kier molecular flexibility index (Phi) is 12.0. The zero-order valence-electron chi connectivity index (χ0n) is 31.0. The summed E-state index contributed by atoms with van der Waals surface area (Å²) >= 11 is 0. The van der Waals surface area contributed by atoms with E-state index in [9.17, 15) is 36.0 Å². The smallest absolute Gasteiger partial charge is 0.332 e.